The summed E-state index contributed by atoms with van der Waals surface area (Å²) in [7, 11) is 0. The van der Waals surface area contributed by atoms with Gasteiger partial charge in [-0.3, -0.25) is 9.78 Å². The number of pyridine rings is 1. The molecular weight excluding hydrogens is 258 g/mol. The molecule has 0 atom stereocenters. The van der Waals surface area contributed by atoms with E-state index in [4.69, 9.17) is 4.74 Å². The fourth-order valence-corrected chi connectivity index (χ4v) is 2.69. The molecule has 2 heterocycles. The third-order valence-electron chi connectivity index (χ3n) is 2.79. The Morgan fingerprint density at radius 3 is 2.74 bits per heavy atom. The Bertz CT molecular complexity index is 731. The number of aryl methyl sites for hydroxylation is 1. The molecule has 0 aliphatic carbocycles. The van der Waals surface area contributed by atoms with E-state index in [1.165, 1.54) is 16.9 Å². The summed E-state index contributed by atoms with van der Waals surface area (Å²) in [5.74, 6) is 1.43. The van der Waals surface area contributed by atoms with Gasteiger partial charge in [-0.15, -0.1) is 11.3 Å². The van der Waals surface area contributed by atoms with Crippen molar-refractivity contribution in [2.24, 2.45) is 0 Å². The Morgan fingerprint density at radius 1 is 1.21 bits per heavy atom. The van der Waals surface area contributed by atoms with Crippen LogP contribution in [0.4, 0.5) is 0 Å². The van der Waals surface area contributed by atoms with E-state index in [0.717, 1.165) is 22.1 Å². The van der Waals surface area contributed by atoms with Crippen LogP contribution in [0.1, 0.15) is 15.2 Å². The summed E-state index contributed by atoms with van der Waals surface area (Å²) in [5.41, 5.74) is 1.18. The number of ether oxygens (including phenoxy) is 1. The van der Waals surface area contributed by atoms with Crippen LogP contribution < -0.4 is 4.74 Å². The van der Waals surface area contributed by atoms with E-state index in [2.05, 4.69) is 4.98 Å². The van der Waals surface area contributed by atoms with Gasteiger partial charge in [-0.1, -0.05) is 17.7 Å². The molecule has 0 spiro atoms. The average Bonchev–Trinajstić information content (AvgIpc) is 2.85. The van der Waals surface area contributed by atoms with Crippen LogP contribution in [0.3, 0.4) is 0 Å². The molecular formula is C15H11NO2S. The van der Waals surface area contributed by atoms with E-state index in [1.807, 2.05) is 37.3 Å². The number of aldehydes is 1. The zero-order chi connectivity index (χ0) is 13.2. The third kappa shape index (κ3) is 2.35. The lowest BCUT2D eigenvalue weighted by Gasteiger charge is -2.06. The average molecular weight is 269 g/mol. The van der Waals surface area contributed by atoms with Crippen molar-refractivity contribution in [1.29, 1.82) is 0 Å². The van der Waals surface area contributed by atoms with Crippen molar-refractivity contribution in [1.82, 2.24) is 4.98 Å². The van der Waals surface area contributed by atoms with Crippen molar-refractivity contribution in [3.05, 3.63) is 53.2 Å². The molecule has 94 valence electrons. The van der Waals surface area contributed by atoms with Gasteiger partial charge in [0, 0.05) is 11.6 Å². The largest absolute Gasteiger partial charge is 0.455 e. The van der Waals surface area contributed by atoms with Crippen molar-refractivity contribution in [2.75, 3.05) is 0 Å². The second-order valence-corrected chi connectivity index (χ2v) is 5.35. The van der Waals surface area contributed by atoms with Gasteiger partial charge >= 0.3 is 0 Å². The van der Waals surface area contributed by atoms with E-state index in [9.17, 15) is 4.79 Å². The Kier molecular flexibility index (Phi) is 3.01. The van der Waals surface area contributed by atoms with E-state index < -0.39 is 0 Å². The minimum Gasteiger partial charge on any atom is -0.455 e. The molecule has 4 heteroatoms. The SMILES string of the molecule is Cc1ccc(Oc2cncc3sc(C=O)cc23)cc1. The van der Waals surface area contributed by atoms with Gasteiger partial charge in [-0.05, 0) is 25.1 Å². The lowest BCUT2D eigenvalue weighted by molar-refractivity contribution is 0.112. The van der Waals surface area contributed by atoms with Crippen LogP contribution in [0.25, 0.3) is 10.1 Å². The molecule has 0 N–H and O–H groups in total. The smallest absolute Gasteiger partial charge is 0.160 e. The van der Waals surface area contributed by atoms with Crippen LogP contribution in [-0.4, -0.2) is 11.3 Å². The zero-order valence-corrected chi connectivity index (χ0v) is 11.1. The number of fused-ring (bicyclic) bond motifs is 1. The minimum absolute atomic E-state index is 0.672. The number of nitrogens with zero attached hydrogens (tertiary/aromatic N) is 1. The van der Waals surface area contributed by atoms with Crippen molar-refractivity contribution < 1.29 is 9.53 Å². The molecule has 3 aromatic rings. The highest BCUT2D eigenvalue weighted by Crippen LogP contribution is 2.33. The maximum Gasteiger partial charge on any atom is 0.160 e. The van der Waals surface area contributed by atoms with Crippen molar-refractivity contribution >= 4 is 27.7 Å². The molecule has 0 aliphatic rings. The van der Waals surface area contributed by atoms with Crippen molar-refractivity contribution in [3.8, 4) is 11.5 Å². The topological polar surface area (TPSA) is 39.2 Å². The summed E-state index contributed by atoms with van der Waals surface area (Å²) < 4.78 is 6.78. The van der Waals surface area contributed by atoms with Crippen LogP contribution in [0.2, 0.25) is 0 Å². The third-order valence-corrected chi connectivity index (χ3v) is 3.79. The number of carbonyl (C=O) groups excluding carboxylic acids is 1. The molecule has 0 saturated heterocycles. The number of rotatable bonds is 3. The summed E-state index contributed by atoms with van der Waals surface area (Å²) in [6, 6.07) is 9.65. The van der Waals surface area contributed by atoms with Gasteiger partial charge in [-0.25, -0.2) is 0 Å². The van der Waals surface area contributed by atoms with Crippen molar-refractivity contribution in [2.45, 2.75) is 6.92 Å². The molecule has 0 aliphatic heterocycles. The van der Waals surface area contributed by atoms with E-state index in [0.29, 0.717) is 10.6 Å². The monoisotopic (exact) mass is 269 g/mol. The molecule has 3 nitrogen and oxygen atoms in total. The van der Waals surface area contributed by atoms with Gasteiger partial charge in [0.2, 0.25) is 0 Å². The van der Waals surface area contributed by atoms with Gasteiger partial charge in [0.1, 0.15) is 5.75 Å². The fourth-order valence-electron chi connectivity index (χ4n) is 1.83. The van der Waals surface area contributed by atoms with Crippen LogP contribution in [0, 0.1) is 6.92 Å². The summed E-state index contributed by atoms with van der Waals surface area (Å²) >= 11 is 1.41. The number of thiophene rings is 1. The molecule has 0 fully saturated rings. The standard InChI is InChI=1S/C15H11NO2S/c1-10-2-4-11(5-3-10)18-14-7-16-8-15-13(14)6-12(9-17)19-15/h2-9H,1H3. The Hall–Kier alpha value is -2.20. The Balaban J connectivity index is 2.02. The molecule has 0 amide bonds. The van der Waals surface area contributed by atoms with Crippen LogP contribution >= 0.6 is 11.3 Å². The van der Waals surface area contributed by atoms with Gasteiger partial charge in [0.15, 0.2) is 12.0 Å². The number of hydrogen-bond acceptors (Lipinski definition) is 4. The van der Waals surface area contributed by atoms with E-state index >= 15 is 0 Å². The van der Waals surface area contributed by atoms with Gasteiger partial charge in [0.25, 0.3) is 0 Å². The molecule has 0 saturated carbocycles. The lowest BCUT2D eigenvalue weighted by atomic mass is 10.2. The van der Waals surface area contributed by atoms with Crippen LogP contribution in [0.5, 0.6) is 11.5 Å². The summed E-state index contributed by atoms with van der Waals surface area (Å²) in [5, 5.41) is 0.919. The Morgan fingerprint density at radius 2 is 2.00 bits per heavy atom. The first-order valence-corrected chi connectivity index (χ1v) is 6.65. The van der Waals surface area contributed by atoms with E-state index in [-0.39, 0.29) is 0 Å². The molecule has 1 aromatic carbocycles. The van der Waals surface area contributed by atoms with E-state index in [1.54, 1.807) is 12.4 Å². The van der Waals surface area contributed by atoms with Crippen LogP contribution in [0.15, 0.2) is 42.7 Å². The molecule has 0 unspecified atom stereocenters. The molecule has 3 rings (SSSR count). The maximum atomic E-state index is 10.8. The normalized spacial score (nSPS) is 10.6. The number of aromatic nitrogens is 1. The number of carbonyl (C=O) groups is 1. The summed E-state index contributed by atoms with van der Waals surface area (Å²) in [6.45, 7) is 2.03. The van der Waals surface area contributed by atoms with Gasteiger partial charge in [0.05, 0.1) is 15.8 Å². The number of hydrogen-bond donors (Lipinski definition) is 0. The van der Waals surface area contributed by atoms with Crippen molar-refractivity contribution in [3.63, 3.8) is 0 Å². The Labute approximate surface area is 114 Å². The highest BCUT2D eigenvalue weighted by atomic mass is 32.1. The zero-order valence-electron chi connectivity index (χ0n) is 10.3. The molecule has 2 aromatic heterocycles. The predicted molar refractivity (Wildman–Crippen MR) is 76.3 cm³/mol. The molecule has 19 heavy (non-hydrogen) atoms. The second-order valence-electron chi connectivity index (χ2n) is 4.23. The predicted octanol–water partition coefficient (Wildman–Crippen LogP) is 4.21. The lowest BCUT2D eigenvalue weighted by Crippen LogP contribution is -1.85. The highest BCUT2D eigenvalue weighted by molar-refractivity contribution is 7.20. The maximum absolute atomic E-state index is 10.8. The summed E-state index contributed by atoms with van der Waals surface area (Å²) in [4.78, 5) is 15.7. The molecule has 0 bridgehead atoms. The quantitative estimate of drug-likeness (QED) is 0.669. The van der Waals surface area contributed by atoms with Gasteiger partial charge in [-0.2, -0.15) is 0 Å². The number of benzene rings is 1. The van der Waals surface area contributed by atoms with Crippen LogP contribution in [-0.2, 0) is 0 Å². The first-order valence-electron chi connectivity index (χ1n) is 5.83. The first kappa shape index (κ1) is 11.9. The second kappa shape index (κ2) is 4.82. The highest BCUT2D eigenvalue weighted by Gasteiger charge is 2.08. The minimum atomic E-state index is 0.672. The van der Waals surface area contributed by atoms with Gasteiger partial charge < -0.3 is 4.74 Å². The summed E-state index contributed by atoms with van der Waals surface area (Å²) in [6.07, 6.45) is 4.26. The molecule has 0 radical (unpaired) electrons. The first-order chi connectivity index (χ1) is 9.26. The fraction of sp³-hybridized carbons (Fsp3) is 0.0667.